The van der Waals surface area contributed by atoms with Gasteiger partial charge in [-0.15, -0.1) is 11.8 Å². The summed E-state index contributed by atoms with van der Waals surface area (Å²) in [5, 5.41) is 0. The van der Waals surface area contributed by atoms with E-state index in [1.807, 2.05) is 16.7 Å². The highest BCUT2D eigenvalue weighted by molar-refractivity contribution is 8.01. The number of allylic oxidation sites excluding steroid dienone is 1. The molecule has 0 saturated carbocycles. The predicted molar refractivity (Wildman–Crippen MR) is 91.6 cm³/mol. The number of hydrogen-bond acceptors (Lipinski definition) is 4. The van der Waals surface area contributed by atoms with Gasteiger partial charge in [-0.2, -0.15) is 0 Å². The lowest BCUT2D eigenvalue weighted by Crippen LogP contribution is -2.61. The van der Waals surface area contributed by atoms with Crippen LogP contribution in [0.15, 0.2) is 11.6 Å². The Balaban J connectivity index is 1.21. The van der Waals surface area contributed by atoms with Gasteiger partial charge in [-0.25, -0.2) is 0 Å². The van der Waals surface area contributed by atoms with Crippen LogP contribution in [0.3, 0.4) is 0 Å². The van der Waals surface area contributed by atoms with Crippen LogP contribution in [-0.4, -0.2) is 60.3 Å². The third-order valence-electron chi connectivity index (χ3n) is 5.64. The molecular formula is C18H27NO3S. The molecule has 5 heteroatoms. The second-order valence-corrected chi connectivity index (χ2v) is 8.98. The smallest absolute Gasteiger partial charge is 0.249 e. The van der Waals surface area contributed by atoms with Crippen molar-refractivity contribution in [1.29, 1.82) is 0 Å². The molecule has 4 nitrogen and oxygen atoms in total. The van der Waals surface area contributed by atoms with Crippen LogP contribution in [0, 0.1) is 5.92 Å². The van der Waals surface area contributed by atoms with Crippen LogP contribution >= 0.6 is 11.8 Å². The van der Waals surface area contributed by atoms with Crippen molar-refractivity contribution >= 4 is 17.7 Å². The molecule has 4 aliphatic rings. The van der Waals surface area contributed by atoms with Crippen LogP contribution < -0.4 is 0 Å². The number of rotatable bonds is 4. The van der Waals surface area contributed by atoms with Gasteiger partial charge < -0.3 is 14.4 Å². The topological polar surface area (TPSA) is 38.8 Å². The maximum Gasteiger partial charge on any atom is 0.249 e. The van der Waals surface area contributed by atoms with E-state index in [1.54, 1.807) is 0 Å². The number of carbonyl (C=O) groups is 1. The van der Waals surface area contributed by atoms with Crippen molar-refractivity contribution in [3.05, 3.63) is 11.6 Å². The third kappa shape index (κ3) is 3.47. The van der Waals surface area contributed by atoms with Crippen molar-refractivity contribution in [3.63, 3.8) is 0 Å². The van der Waals surface area contributed by atoms with E-state index in [1.165, 1.54) is 0 Å². The Morgan fingerprint density at radius 2 is 2.22 bits per heavy atom. The summed E-state index contributed by atoms with van der Waals surface area (Å²) in [7, 11) is 0. The zero-order chi connectivity index (χ0) is 15.7. The Kier molecular flexibility index (Phi) is 4.70. The van der Waals surface area contributed by atoms with Gasteiger partial charge in [0.1, 0.15) is 0 Å². The van der Waals surface area contributed by atoms with Gasteiger partial charge in [-0.1, -0.05) is 6.08 Å². The largest absolute Gasteiger partial charge is 0.381 e. The summed E-state index contributed by atoms with van der Waals surface area (Å²) in [5.41, 5.74) is 1.05. The highest BCUT2D eigenvalue weighted by Crippen LogP contribution is 2.46. The molecule has 1 unspecified atom stereocenters. The zero-order valence-corrected chi connectivity index (χ0v) is 14.6. The summed E-state index contributed by atoms with van der Waals surface area (Å²) in [6.45, 7) is 4.52. The lowest BCUT2D eigenvalue weighted by molar-refractivity contribution is -0.132. The van der Waals surface area contributed by atoms with E-state index < -0.39 is 0 Å². The maximum absolute atomic E-state index is 12.4. The Morgan fingerprint density at radius 3 is 2.96 bits per heavy atom. The van der Waals surface area contributed by atoms with Crippen LogP contribution in [0.25, 0.3) is 0 Å². The number of likely N-dealkylation sites (tertiary alicyclic amines) is 1. The Bertz CT molecular complexity index is 481. The summed E-state index contributed by atoms with van der Waals surface area (Å²) in [6.07, 6.45) is 9.12. The fourth-order valence-electron chi connectivity index (χ4n) is 4.18. The van der Waals surface area contributed by atoms with Crippen LogP contribution in [0.5, 0.6) is 0 Å². The van der Waals surface area contributed by atoms with E-state index >= 15 is 0 Å². The highest BCUT2D eigenvalue weighted by Gasteiger charge is 2.51. The van der Waals surface area contributed by atoms with Gasteiger partial charge in [-0.05, 0) is 44.4 Å². The average Bonchev–Trinajstić information content (AvgIpc) is 3.22. The molecule has 0 aromatic carbocycles. The molecule has 3 fully saturated rings. The molecule has 3 heterocycles. The highest BCUT2D eigenvalue weighted by atomic mass is 32.2. The molecule has 0 bridgehead atoms. The lowest BCUT2D eigenvalue weighted by Gasteiger charge is -2.47. The lowest BCUT2D eigenvalue weighted by atomic mass is 9.92. The summed E-state index contributed by atoms with van der Waals surface area (Å²) in [6, 6.07) is 0. The molecule has 23 heavy (non-hydrogen) atoms. The van der Waals surface area contributed by atoms with Crippen LogP contribution in [0.2, 0.25) is 0 Å². The minimum Gasteiger partial charge on any atom is -0.381 e. The second-order valence-electron chi connectivity index (χ2n) is 7.49. The number of carbonyl (C=O) groups excluding carboxylic acids is 1. The van der Waals surface area contributed by atoms with Gasteiger partial charge in [0, 0.05) is 44.2 Å². The summed E-state index contributed by atoms with van der Waals surface area (Å²) in [4.78, 5) is 14.4. The fourth-order valence-corrected chi connectivity index (χ4v) is 5.73. The molecule has 0 radical (unpaired) electrons. The summed E-state index contributed by atoms with van der Waals surface area (Å²) >= 11 is 2.03. The molecular weight excluding hydrogens is 310 g/mol. The third-order valence-corrected chi connectivity index (χ3v) is 7.22. The van der Waals surface area contributed by atoms with Gasteiger partial charge in [0.25, 0.3) is 0 Å². The van der Waals surface area contributed by atoms with Crippen molar-refractivity contribution in [2.24, 2.45) is 5.92 Å². The zero-order valence-electron chi connectivity index (χ0n) is 13.8. The van der Waals surface area contributed by atoms with Crippen molar-refractivity contribution in [3.8, 4) is 0 Å². The monoisotopic (exact) mass is 337 g/mol. The van der Waals surface area contributed by atoms with Gasteiger partial charge in [-0.3, -0.25) is 4.79 Å². The van der Waals surface area contributed by atoms with E-state index in [9.17, 15) is 4.79 Å². The number of thioether (sulfide) groups is 1. The van der Waals surface area contributed by atoms with Crippen molar-refractivity contribution in [2.75, 3.05) is 38.7 Å². The molecule has 1 spiro atoms. The molecule has 1 atom stereocenters. The average molecular weight is 337 g/mol. The molecule has 0 N–H and O–H groups in total. The first-order valence-corrected chi connectivity index (χ1v) is 10.0. The molecule has 1 aliphatic carbocycles. The number of amides is 1. The van der Waals surface area contributed by atoms with Crippen LogP contribution in [-0.2, 0) is 14.3 Å². The number of nitrogens with zero attached hydrogens (tertiary/aromatic N) is 1. The van der Waals surface area contributed by atoms with E-state index in [0.717, 1.165) is 82.8 Å². The van der Waals surface area contributed by atoms with Crippen molar-refractivity contribution in [2.45, 2.75) is 49.4 Å². The first kappa shape index (κ1) is 16.0. The molecule has 0 aromatic rings. The van der Waals surface area contributed by atoms with Crippen LogP contribution in [0.4, 0.5) is 0 Å². The summed E-state index contributed by atoms with van der Waals surface area (Å²) < 4.78 is 11.9. The van der Waals surface area contributed by atoms with Gasteiger partial charge in [0.2, 0.25) is 5.91 Å². The van der Waals surface area contributed by atoms with Gasteiger partial charge >= 0.3 is 0 Å². The number of hydrogen-bond donors (Lipinski definition) is 0. The van der Waals surface area contributed by atoms with Gasteiger partial charge in [0.15, 0.2) is 0 Å². The van der Waals surface area contributed by atoms with Crippen LogP contribution in [0.1, 0.15) is 38.5 Å². The molecule has 0 aromatic heterocycles. The predicted octanol–water partition coefficient (Wildman–Crippen LogP) is 2.63. The number of ether oxygens (including phenoxy) is 2. The minimum atomic E-state index is 0.287. The first-order valence-electron chi connectivity index (χ1n) is 9.06. The molecule has 3 saturated heterocycles. The summed E-state index contributed by atoms with van der Waals surface area (Å²) in [5.74, 6) is 2.06. The van der Waals surface area contributed by atoms with E-state index in [2.05, 4.69) is 6.08 Å². The minimum absolute atomic E-state index is 0.287. The van der Waals surface area contributed by atoms with Crippen molar-refractivity contribution < 1.29 is 14.3 Å². The van der Waals surface area contributed by atoms with E-state index in [-0.39, 0.29) is 4.75 Å². The Morgan fingerprint density at radius 1 is 1.39 bits per heavy atom. The molecule has 128 valence electrons. The molecule has 1 amide bonds. The standard InChI is InChI=1S/C18H27NO3S/c20-17(15-3-1-2-4-15)19-12-18(13-19)9-16(11-23-18)22-10-14-5-7-21-8-6-14/h3,14,16H,1-2,4-13H2. The molecule has 3 aliphatic heterocycles. The van der Waals surface area contributed by atoms with E-state index in [0.29, 0.717) is 17.9 Å². The first-order chi connectivity index (χ1) is 11.2. The fraction of sp³-hybridized carbons (Fsp3) is 0.833. The Hall–Kier alpha value is -0.520. The SMILES string of the molecule is O=C(C1=CCCC1)N1CC2(CC(OCC3CCOCC3)CS2)C1. The quantitative estimate of drug-likeness (QED) is 0.790. The maximum atomic E-state index is 12.4. The second kappa shape index (κ2) is 6.77. The Labute approximate surface area is 143 Å². The molecule has 4 rings (SSSR count). The van der Waals surface area contributed by atoms with Gasteiger partial charge in [0.05, 0.1) is 10.9 Å². The van der Waals surface area contributed by atoms with E-state index in [4.69, 9.17) is 9.47 Å². The van der Waals surface area contributed by atoms with Crippen molar-refractivity contribution in [1.82, 2.24) is 4.90 Å². The normalized spacial score (nSPS) is 30.5.